The molecule has 1 unspecified atom stereocenters. The number of thioether (sulfide) groups is 1. The first-order chi connectivity index (χ1) is 19.9. The van der Waals surface area contributed by atoms with E-state index in [1.165, 1.54) is 22.7 Å². The molecule has 2 aliphatic rings. The van der Waals surface area contributed by atoms with Crippen LogP contribution in [0.1, 0.15) is 40.6 Å². The maximum atomic E-state index is 14.6. The van der Waals surface area contributed by atoms with Crippen LogP contribution in [-0.4, -0.2) is 28.6 Å². The van der Waals surface area contributed by atoms with Crippen molar-refractivity contribution in [1.82, 2.24) is 10.2 Å². The molecule has 3 aromatic carbocycles. The third-order valence-electron chi connectivity index (χ3n) is 7.33. The van der Waals surface area contributed by atoms with Crippen molar-refractivity contribution < 1.29 is 18.4 Å². The van der Waals surface area contributed by atoms with Crippen LogP contribution in [-0.2, 0) is 16.1 Å². The maximum absolute atomic E-state index is 14.6. The van der Waals surface area contributed by atoms with Crippen LogP contribution >= 0.6 is 23.1 Å². The number of fused-ring (bicyclic) bond motifs is 5. The van der Waals surface area contributed by atoms with Crippen LogP contribution in [0, 0.1) is 5.82 Å². The fourth-order valence-corrected chi connectivity index (χ4v) is 7.50. The minimum atomic E-state index is -1.87. The second-order valence-electron chi connectivity index (χ2n) is 9.73. The first-order valence-corrected chi connectivity index (χ1v) is 14.8. The van der Waals surface area contributed by atoms with Crippen LogP contribution < -0.4 is 15.2 Å². The number of rotatable bonds is 6. The summed E-state index contributed by atoms with van der Waals surface area (Å²) in [4.78, 5) is 45.7. The highest BCUT2D eigenvalue weighted by atomic mass is 32.2. The lowest BCUT2D eigenvalue weighted by Crippen LogP contribution is -2.53. The number of halogens is 1. The number of carbonyl (C=O) groups excluding carboxylic acids is 2. The predicted molar refractivity (Wildman–Crippen MR) is 155 cm³/mol. The molecule has 0 aliphatic carbocycles. The van der Waals surface area contributed by atoms with E-state index in [4.69, 9.17) is 4.42 Å². The zero-order valence-electron chi connectivity index (χ0n) is 21.7. The average molecular weight is 585 g/mol. The van der Waals surface area contributed by atoms with Crippen molar-refractivity contribution in [3.8, 4) is 0 Å². The van der Waals surface area contributed by atoms with Gasteiger partial charge in [-0.05, 0) is 36.2 Å². The second-order valence-corrected chi connectivity index (χ2v) is 11.9. The summed E-state index contributed by atoms with van der Waals surface area (Å²) in [6.07, 6.45) is 0.646. The monoisotopic (exact) mass is 584 g/mol. The van der Waals surface area contributed by atoms with E-state index in [0.29, 0.717) is 34.3 Å². The van der Waals surface area contributed by atoms with Crippen LogP contribution in [0.4, 0.5) is 15.2 Å². The lowest BCUT2D eigenvalue weighted by Gasteiger charge is -2.32. The number of hydrogen-bond acceptors (Lipinski definition) is 8. The van der Waals surface area contributed by atoms with Gasteiger partial charge in [-0.3, -0.25) is 19.3 Å². The predicted octanol–water partition coefficient (Wildman–Crippen LogP) is 5.74. The molecule has 41 heavy (non-hydrogen) atoms. The Hall–Kier alpha value is -4.35. The topological polar surface area (TPSA) is 96.6 Å². The van der Waals surface area contributed by atoms with Gasteiger partial charge in [0.25, 0.3) is 11.8 Å². The van der Waals surface area contributed by atoms with Gasteiger partial charge < -0.3 is 9.32 Å². The van der Waals surface area contributed by atoms with Gasteiger partial charge in [-0.15, -0.1) is 10.2 Å². The van der Waals surface area contributed by atoms with Crippen molar-refractivity contribution in [2.45, 2.75) is 29.0 Å². The van der Waals surface area contributed by atoms with Gasteiger partial charge in [-0.25, -0.2) is 4.39 Å². The number of anilines is 2. The average Bonchev–Trinajstić information content (AvgIpc) is 3.62. The van der Waals surface area contributed by atoms with Crippen molar-refractivity contribution in [2.75, 3.05) is 16.3 Å². The van der Waals surface area contributed by atoms with E-state index in [1.54, 1.807) is 29.2 Å². The lowest BCUT2D eigenvalue weighted by atomic mass is 9.84. The lowest BCUT2D eigenvalue weighted by molar-refractivity contribution is -0.121. The summed E-state index contributed by atoms with van der Waals surface area (Å²) in [5.41, 5.74) is -0.443. The van der Waals surface area contributed by atoms with E-state index in [-0.39, 0.29) is 27.4 Å². The quantitative estimate of drug-likeness (QED) is 0.186. The zero-order valence-corrected chi connectivity index (χ0v) is 23.3. The second kappa shape index (κ2) is 9.64. The molecular formula is C30H21FN4O4S2. The van der Waals surface area contributed by atoms with Gasteiger partial charge in [0.05, 0.1) is 16.6 Å². The Balaban J connectivity index is 1.45. The molecule has 0 bridgehead atoms. The Morgan fingerprint density at radius 1 is 1.00 bits per heavy atom. The van der Waals surface area contributed by atoms with Crippen LogP contribution in [0.15, 0.2) is 86.3 Å². The highest BCUT2D eigenvalue weighted by Crippen LogP contribution is 2.54. The first-order valence-electron chi connectivity index (χ1n) is 13.0. The van der Waals surface area contributed by atoms with E-state index < -0.39 is 28.6 Å². The third-order valence-corrected chi connectivity index (χ3v) is 9.44. The van der Waals surface area contributed by atoms with Gasteiger partial charge in [0, 0.05) is 17.9 Å². The fraction of sp³-hybridized carbons (Fsp3) is 0.167. The molecule has 0 saturated carbocycles. The summed E-state index contributed by atoms with van der Waals surface area (Å²) in [5, 5.41) is 8.75. The molecule has 1 spiro atoms. The van der Waals surface area contributed by atoms with Gasteiger partial charge >= 0.3 is 0 Å². The first kappa shape index (κ1) is 25.6. The molecule has 2 amide bonds. The van der Waals surface area contributed by atoms with Crippen molar-refractivity contribution >= 4 is 56.7 Å². The van der Waals surface area contributed by atoms with Crippen LogP contribution in [0.2, 0.25) is 0 Å². The molecule has 2 aliphatic heterocycles. The molecule has 4 heterocycles. The van der Waals surface area contributed by atoms with Crippen molar-refractivity contribution in [2.24, 2.45) is 0 Å². The molecule has 7 rings (SSSR count). The molecular weight excluding hydrogens is 563 g/mol. The van der Waals surface area contributed by atoms with Crippen LogP contribution in [0.25, 0.3) is 11.0 Å². The summed E-state index contributed by atoms with van der Waals surface area (Å²) >= 11 is 2.62. The molecule has 0 fully saturated rings. The Kier molecular flexibility index (Phi) is 6.02. The van der Waals surface area contributed by atoms with Gasteiger partial charge in [0.1, 0.15) is 11.4 Å². The van der Waals surface area contributed by atoms with Crippen LogP contribution in [0.5, 0.6) is 0 Å². The number of para-hydroxylation sites is 1. The molecule has 11 heteroatoms. The largest absolute Gasteiger partial charge is 0.450 e. The van der Waals surface area contributed by atoms with E-state index in [2.05, 4.69) is 10.2 Å². The van der Waals surface area contributed by atoms with E-state index in [9.17, 15) is 18.8 Å². The van der Waals surface area contributed by atoms with Gasteiger partial charge in [0.2, 0.25) is 10.9 Å². The molecule has 0 N–H and O–H groups in total. The van der Waals surface area contributed by atoms with Gasteiger partial charge in [-0.1, -0.05) is 78.6 Å². The number of amides is 2. The highest BCUT2D eigenvalue weighted by molar-refractivity contribution is 8.00. The number of aromatic nitrogens is 2. The zero-order chi connectivity index (χ0) is 28.3. The van der Waals surface area contributed by atoms with Crippen LogP contribution in [0.3, 0.4) is 0 Å². The molecule has 8 nitrogen and oxygen atoms in total. The summed E-state index contributed by atoms with van der Waals surface area (Å²) in [6.45, 7) is 2.31. The SMILES string of the molecule is CCCN1C(=O)C2(c3ccccc31)c1c(oc3ccc(F)cc3c1=O)C(=O)N2c1nnc(SCc2ccccc2)s1. The third kappa shape index (κ3) is 3.69. The molecule has 1 atom stereocenters. The van der Waals surface area contributed by atoms with Gasteiger partial charge in [0.15, 0.2) is 15.3 Å². The molecule has 5 aromatic rings. The minimum absolute atomic E-state index is 0.0478. The Morgan fingerprint density at radius 2 is 1.78 bits per heavy atom. The van der Waals surface area contributed by atoms with Crippen molar-refractivity contribution in [3.63, 3.8) is 0 Å². The van der Waals surface area contributed by atoms with E-state index in [0.717, 1.165) is 29.0 Å². The highest BCUT2D eigenvalue weighted by Gasteiger charge is 2.66. The summed E-state index contributed by atoms with van der Waals surface area (Å²) in [6, 6.07) is 20.5. The van der Waals surface area contributed by atoms with Crippen molar-refractivity contribution in [1.29, 1.82) is 0 Å². The molecule has 204 valence electrons. The smallest absolute Gasteiger partial charge is 0.297 e. The number of carbonyl (C=O) groups is 2. The summed E-state index contributed by atoms with van der Waals surface area (Å²) < 4.78 is 20.9. The summed E-state index contributed by atoms with van der Waals surface area (Å²) in [7, 11) is 0. The molecule has 0 saturated heterocycles. The van der Waals surface area contributed by atoms with Crippen molar-refractivity contribution in [3.05, 3.63) is 111 Å². The Bertz CT molecular complexity index is 1930. The number of nitrogens with zero attached hydrogens (tertiary/aromatic N) is 4. The fourth-order valence-electron chi connectivity index (χ4n) is 5.65. The summed E-state index contributed by atoms with van der Waals surface area (Å²) in [5.74, 6) is -1.40. The normalized spacial score (nSPS) is 17.6. The maximum Gasteiger partial charge on any atom is 0.297 e. The molecule has 2 aromatic heterocycles. The number of hydrogen-bond donors (Lipinski definition) is 0. The van der Waals surface area contributed by atoms with Gasteiger partial charge in [-0.2, -0.15) is 0 Å². The Morgan fingerprint density at radius 3 is 2.59 bits per heavy atom. The van der Waals surface area contributed by atoms with E-state index >= 15 is 0 Å². The van der Waals surface area contributed by atoms with E-state index in [1.807, 2.05) is 37.3 Å². The number of benzene rings is 3. The minimum Gasteiger partial charge on any atom is -0.450 e. The standard InChI is InChI=1S/C30H21FN4O4S2/c1-2-14-34-21-11-7-6-10-20(21)30(27(34)38)23-24(36)19-15-18(31)12-13-22(19)39-25(23)26(37)35(30)28-32-33-29(41-28)40-16-17-8-4-3-5-9-17/h3-13,15H,2,14,16H2,1H3. The Labute approximate surface area is 241 Å². The molecule has 0 radical (unpaired) electrons.